The van der Waals surface area contributed by atoms with Crippen LogP contribution >= 0.6 is 0 Å². The van der Waals surface area contributed by atoms with Gasteiger partial charge in [0, 0.05) is 0 Å². The SMILES string of the molecule is CC(CN)CCOc1cccc(C(C)(C)C)c1. The van der Waals surface area contributed by atoms with Gasteiger partial charge in [-0.05, 0) is 42.0 Å². The van der Waals surface area contributed by atoms with Gasteiger partial charge in [0.15, 0.2) is 0 Å². The van der Waals surface area contributed by atoms with Gasteiger partial charge in [0.1, 0.15) is 5.75 Å². The fourth-order valence-electron chi connectivity index (χ4n) is 1.55. The second kappa shape index (κ2) is 6.06. The van der Waals surface area contributed by atoms with E-state index in [1.54, 1.807) is 0 Å². The zero-order valence-corrected chi connectivity index (χ0v) is 11.5. The molecule has 0 saturated carbocycles. The van der Waals surface area contributed by atoms with Crippen LogP contribution < -0.4 is 10.5 Å². The molecule has 0 saturated heterocycles. The lowest BCUT2D eigenvalue weighted by molar-refractivity contribution is 0.285. The minimum Gasteiger partial charge on any atom is -0.494 e. The minimum atomic E-state index is 0.171. The molecule has 1 rings (SSSR count). The first-order valence-corrected chi connectivity index (χ1v) is 6.37. The molecule has 1 aromatic carbocycles. The molecule has 1 atom stereocenters. The third-order valence-corrected chi connectivity index (χ3v) is 2.98. The summed E-state index contributed by atoms with van der Waals surface area (Å²) in [5, 5.41) is 0. The molecule has 0 spiro atoms. The van der Waals surface area contributed by atoms with Crippen LogP contribution in [0.1, 0.15) is 39.7 Å². The molecule has 1 unspecified atom stereocenters. The van der Waals surface area contributed by atoms with Gasteiger partial charge < -0.3 is 10.5 Å². The van der Waals surface area contributed by atoms with Gasteiger partial charge in [-0.3, -0.25) is 0 Å². The zero-order valence-electron chi connectivity index (χ0n) is 11.5. The lowest BCUT2D eigenvalue weighted by Crippen LogP contribution is -2.14. The number of nitrogens with two attached hydrogens (primary N) is 1. The van der Waals surface area contributed by atoms with E-state index in [-0.39, 0.29) is 5.41 Å². The predicted molar refractivity (Wildman–Crippen MR) is 73.5 cm³/mol. The van der Waals surface area contributed by atoms with Crippen molar-refractivity contribution in [2.24, 2.45) is 11.7 Å². The van der Waals surface area contributed by atoms with Crippen LogP contribution in [-0.4, -0.2) is 13.2 Å². The molecule has 0 bridgehead atoms. The van der Waals surface area contributed by atoms with Crippen molar-refractivity contribution >= 4 is 0 Å². The number of hydrogen-bond donors (Lipinski definition) is 1. The van der Waals surface area contributed by atoms with Crippen molar-refractivity contribution in [2.75, 3.05) is 13.2 Å². The molecule has 96 valence electrons. The van der Waals surface area contributed by atoms with Gasteiger partial charge in [-0.1, -0.05) is 39.8 Å². The highest BCUT2D eigenvalue weighted by Gasteiger charge is 2.13. The van der Waals surface area contributed by atoms with Gasteiger partial charge in [-0.15, -0.1) is 0 Å². The van der Waals surface area contributed by atoms with E-state index in [1.165, 1.54) is 5.56 Å². The van der Waals surface area contributed by atoms with Crippen LogP contribution in [0.25, 0.3) is 0 Å². The highest BCUT2D eigenvalue weighted by Crippen LogP contribution is 2.25. The van der Waals surface area contributed by atoms with Crippen LogP contribution in [-0.2, 0) is 5.41 Å². The summed E-state index contributed by atoms with van der Waals surface area (Å²) in [5.74, 6) is 1.49. The van der Waals surface area contributed by atoms with E-state index in [9.17, 15) is 0 Å². The van der Waals surface area contributed by atoms with E-state index in [4.69, 9.17) is 10.5 Å². The average Bonchev–Trinajstić information content (AvgIpc) is 2.28. The number of benzene rings is 1. The summed E-state index contributed by atoms with van der Waals surface area (Å²) < 4.78 is 5.76. The first-order valence-electron chi connectivity index (χ1n) is 6.37. The van der Waals surface area contributed by atoms with Crippen LogP contribution in [0.15, 0.2) is 24.3 Å². The highest BCUT2D eigenvalue weighted by atomic mass is 16.5. The van der Waals surface area contributed by atoms with Crippen molar-refractivity contribution in [3.63, 3.8) is 0 Å². The van der Waals surface area contributed by atoms with Crippen molar-refractivity contribution in [2.45, 2.75) is 39.5 Å². The summed E-state index contributed by atoms with van der Waals surface area (Å²) in [7, 11) is 0. The molecule has 2 heteroatoms. The van der Waals surface area contributed by atoms with E-state index in [0.29, 0.717) is 5.92 Å². The minimum absolute atomic E-state index is 0.171. The Hall–Kier alpha value is -1.02. The van der Waals surface area contributed by atoms with E-state index >= 15 is 0 Å². The largest absolute Gasteiger partial charge is 0.494 e. The van der Waals surface area contributed by atoms with Crippen molar-refractivity contribution in [3.05, 3.63) is 29.8 Å². The average molecular weight is 235 g/mol. The highest BCUT2D eigenvalue weighted by molar-refractivity contribution is 5.32. The van der Waals surface area contributed by atoms with Crippen molar-refractivity contribution in [1.82, 2.24) is 0 Å². The van der Waals surface area contributed by atoms with Gasteiger partial charge in [0.2, 0.25) is 0 Å². The molecule has 0 fully saturated rings. The summed E-state index contributed by atoms with van der Waals surface area (Å²) in [6, 6.07) is 8.35. The smallest absolute Gasteiger partial charge is 0.119 e. The van der Waals surface area contributed by atoms with Crippen molar-refractivity contribution in [1.29, 1.82) is 0 Å². The number of ether oxygens (including phenoxy) is 1. The molecule has 0 aliphatic rings. The molecule has 0 amide bonds. The molecule has 0 aliphatic carbocycles. The monoisotopic (exact) mass is 235 g/mol. The quantitative estimate of drug-likeness (QED) is 0.849. The molecule has 0 radical (unpaired) electrons. The number of hydrogen-bond acceptors (Lipinski definition) is 2. The van der Waals surface area contributed by atoms with E-state index in [2.05, 4.69) is 45.9 Å². The lowest BCUT2D eigenvalue weighted by atomic mass is 9.87. The van der Waals surface area contributed by atoms with Crippen LogP contribution in [0, 0.1) is 5.92 Å². The van der Waals surface area contributed by atoms with Crippen LogP contribution in [0.5, 0.6) is 5.75 Å². The molecule has 0 heterocycles. The third-order valence-electron chi connectivity index (χ3n) is 2.98. The molecular weight excluding hydrogens is 210 g/mol. The second-order valence-corrected chi connectivity index (χ2v) is 5.76. The summed E-state index contributed by atoms with van der Waals surface area (Å²) in [6.45, 7) is 10.3. The van der Waals surface area contributed by atoms with Gasteiger partial charge in [-0.2, -0.15) is 0 Å². The van der Waals surface area contributed by atoms with E-state index < -0.39 is 0 Å². The first kappa shape index (κ1) is 14.0. The fourth-order valence-corrected chi connectivity index (χ4v) is 1.55. The Bertz CT molecular complexity index is 341. The molecule has 2 N–H and O–H groups in total. The fraction of sp³-hybridized carbons (Fsp3) is 0.600. The maximum atomic E-state index is 5.76. The van der Waals surface area contributed by atoms with Crippen LogP contribution in [0.4, 0.5) is 0 Å². The Morgan fingerprint density at radius 2 is 2.00 bits per heavy atom. The molecule has 0 aliphatic heterocycles. The Labute approximate surface area is 105 Å². The Morgan fingerprint density at radius 3 is 2.59 bits per heavy atom. The molecule has 2 nitrogen and oxygen atoms in total. The first-order chi connectivity index (χ1) is 7.93. The third kappa shape index (κ3) is 4.78. The summed E-state index contributed by atoms with van der Waals surface area (Å²) in [6.07, 6.45) is 1.01. The van der Waals surface area contributed by atoms with Crippen molar-refractivity contribution < 1.29 is 4.74 Å². The van der Waals surface area contributed by atoms with E-state index in [1.807, 2.05) is 6.07 Å². The summed E-state index contributed by atoms with van der Waals surface area (Å²) in [4.78, 5) is 0. The van der Waals surface area contributed by atoms with Gasteiger partial charge in [0.05, 0.1) is 6.61 Å². The maximum Gasteiger partial charge on any atom is 0.119 e. The molecule has 17 heavy (non-hydrogen) atoms. The zero-order chi connectivity index (χ0) is 12.9. The standard InChI is InChI=1S/C15H25NO/c1-12(11-16)8-9-17-14-7-5-6-13(10-14)15(2,3)4/h5-7,10,12H,8-9,11,16H2,1-4H3. The second-order valence-electron chi connectivity index (χ2n) is 5.76. The molecular formula is C15H25NO. The van der Waals surface area contributed by atoms with E-state index in [0.717, 1.165) is 25.3 Å². The topological polar surface area (TPSA) is 35.2 Å². The normalized spacial score (nSPS) is 13.5. The predicted octanol–water partition coefficient (Wildman–Crippen LogP) is 3.35. The lowest BCUT2D eigenvalue weighted by Gasteiger charge is -2.20. The Kier molecular flexibility index (Phi) is 5.01. The van der Waals surface area contributed by atoms with Gasteiger partial charge in [0.25, 0.3) is 0 Å². The van der Waals surface area contributed by atoms with Gasteiger partial charge >= 0.3 is 0 Å². The summed E-state index contributed by atoms with van der Waals surface area (Å²) in [5.41, 5.74) is 7.05. The maximum absolute atomic E-state index is 5.76. The van der Waals surface area contributed by atoms with Crippen LogP contribution in [0.3, 0.4) is 0 Å². The molecule has 1 aromatic rings. The Balaban J connectivity index is 2.55. The van der Waals surface area contributed by atoms with Gasteiger partial charge in [-0.25, -0.2) is 0 Å². The summed E-state index contributed by atoms with van der Waals surface area (Å²) >= 11 is 0. The van der Waals surface area contributed by atoms with Crippen LogP contribution in [0.2, 0.25) is 0 Å². The Morgan fingerprint density at radius 1 is 1.29 bits per heavy atom. The number of rotatable bonds is 5. The van der Waals surface area contributed by atoms with Crippen molar-refractivity contribution in [3.8, 4) is 5.75 Å². The molecule has 0 aromatic heterocycles.